The highest BCUT2D eigenvalue weighted by Crippen LogP contribution is 2.24. The molecule has 1 aromatic heterocycles. The Morgan fingerprint density at radius 1 is 1.38 bits per heavy atom. The minimum Gasteiger partial charge on any atom is -0.322 e. The van der Waals surface area contributed by atoms with Crippen molar-refractivity contribution in [1.82, 2.24) is 15.1 Å². The average molecular weight is 307 g/mol. The second-order valence-electron chi connectivity index (χ2n) is 6.16. The van der Waals surface area contributed by atoms with Gasteiger partial charge in [-0.25, -0.2) is 0 Å². The molecule has 0 radical (unpaired) electrons. The Morgan fingerprint density at radius 2 is 2.29 bits per heavy atom. The maximum Gasteiger partial charge on any atom is 0.238 e. The first-order valence-electron chi connectivity index (χ1n) is 8.04. The largest absolute Gasteiger partial charge is 0.322 e. The summed E-state index contributed by atoms with van der Waals surface area (Å²) in [5.41, 5.74) is 1.22. The average Bonchev–Trinajstić information content (AvgIpc) is 3.11. The summed E-state index contributed by atoms with van der Waals surface area (Å²) in [4.78, 5) is 16.7. The Balaban J connectivity index is 1.52. The van der Waals surface area contributed by atoms with Gasteiger partial charge in [0.15, 0.2) is 0 Å². The number of carbonyl (C=O) groups excluding carboxylic acids is 1. The van der Waals surface area contributed by atoms with E-state index < -0.39 is 0 Å². The van der Waals surface area contributed by atoms with Crippen molar-refractivity contribution in [3.63, 3.8) is 0 Å². The van der Waals surface area contributed by atoms with Crippen LogP contribution in [0, 0.1) is 0 Å². The summed E-state index contributed by atoms with van der Waals surface area (Å²) in [6.45, 7) is 5.99. The number of hydrogen-bond donors (Lipinski definition) is 1. The second-order valence-corrected chi connectivity index (χ2v) is 6.94. The molecule has 2 atom stereocenters. The monoisotopic (exact) mass is 307 g/mol. The number of nitrogens with zero attached hydrogens (tertiary/aromatic N) is 2. The van der Waals surface area contributed by atoms with Gasteiger partial charge in [-0.05, 0) is 55.1 Å². The van der Waals surface area contributed by atoms with Crippen molar-refractivity contribution in [3.05, 3.63) is 22.4 Å². The number of hydrogen-bond acceptors (Lipinski definition) is 4. The topological polar surface area (TPSA) is 35.6 Å². The van der Waals surface area contributed by atoms with Gasteiger partial charge >= 0.3 is 0 Å². The lowest BCUT2D eigenvalue weighted by Gasteiger charge is -2.34. The van der Waals surface area contributed by atoms with E-state index in [1.54, 1.807) is 11.3 Å². The molecular formula is C16H25N3OS. The van der Waals surface area contributed by atoms with E-state index in [2.05, 4.69) is 34.0 Å². The van der Waals surface area contributed by atoms with E-state index in [4.69, 9.17) is 0 Å². The normalized spacial score (nSPS) is 27.5. The Bertz CT molecular complexity index is 462. The minimum absolute atomic E-state index is 0.0857. The highest BCUT2D eigenvalue weighted by atomic mass is 32.1. The number of thiophene rings is 1. The predicted molar refractivity (Wildman–Crippen MR) is 86.3 cm³/mol. The van der Waals surface area contributed by atoms with Crippen LogP contribution in [0.15, 0.2) is 16.8 Å². The van der Waals surface area contributed by atoms with E-state index in [-0.39, 0.29) is 12.1 Å². The fourth-order valence-corrected chi connectivity index (χ4v) is 4.13. The molecular weight excluding hydrogens is 282 g/mol. The molecule has 0 aliphatic carbocycles. The van der Waals surface area contributed by atoms with Crippen molar-refractivity contribution in [2.45, 2.75) is 44.8 Å². The lowest BCUT2D eigenvalue weighted by molar-refractivity contribution is -0.128. The summed E-state index contributed by atoms with van der Waals surface area (Å²) in [6, 6.07) is 2.82. The molecule has 116 valence electrons. The van der Waals surface area contributed by atoms with Crippen LogP contribution in [0.4, 0.5) is 0 Å². The molecule has 2 fully saturated rings. The smallest absolute Gasteiger partial charge is 0.238 e. The summed E-state index contributed by atoms with van der Waals surface area (Å²) in [5.74, 6) is 0.234. The lowest BCUT2D eigenvalue weighted by Crippen LogP contribution is -2.40. The summed E-state index contributed by atoms with van der Waals surface area (Å²) < 4.78 is 0. The molecule has 0 spiro atoms. The Hall–Kier alpha value is -0.910. The van der Waals surface area contributed by atoms with Gasteiger partial charge < -0.3 is 9.80 Å². The van der Waals surface area contributed by atoms with E-state index in [9.17, 15) is 4.79 Å². The molecule has 4 nitrogen and oxygen atoms in total. The highest BCUT2D eigenvalue weighted by molar-refractivity contribution is 7.07. The number of nitrogens with one attached hydrogen (secondary N) is 1. The van der Waals surface area contributed by atoms with Crippen LogP contribution in [-0.2, 0) is 4.79 Å². The fourth-order valence-electron chi connectivity index (χ4n) is 3.46. The van der Waals surface area contributed by atoms with E-state index in [0.29, 0.717) is 12.6 Å². The van der Waals surface area contributed by atoms with Crippen LogP contribution in [0.5, 0.6) is 0 Å². The quantitative estimate of drug-likeness (QED) is 0.907. The highest BCUT2D eigenvalue weighted by Gasteiger charge is 2.31. The van der Waals surface area contributed by atoms with Crippen molar-refractivity contribution in [1.29, 1.82) is 0 Å². The van der Waals surface area contributed by atoms with Gasteiger partial charge in [0.2, 0.25) is 5.91 Å². The van der Waals surface area contributed by atoms with Crippen LogP contribution < -0.4 is 5.32 Å². The van der Waals surface area contributed by atoms with Gasteiger partial charge in [-0.3, -0.25) is 10.1 Å². The van der Waals surface area contributed by atoms with Gasteiger partial charge in [0.1, 0.15) is 6.17 Å². The zero-order chi connectivity index (χ0) is 14.7. The van der Waals surface area contributed by atoms with Gasteiger partial charge in [0.25, 0.3) is 0 Å². The molecule has 0 bridgehead atoms. The summed E-state index contributed by atoms with van der Waals surface area (Å²) in [7, 11) is 0. The number of carbonyl (C=O) groups is 1. The molecule has 2 saturated heterocycles. The summed E-state index contributed by atoms with van der Waals surface area (Å²) in [5, 5.41) is 7.54. The molecule has 3 rings (SSSR count). The van der Waals surface area contributed by atoms with Crippen molar-refractivity contribution < 1.29 is 4.79 Å². The van der Waals surface area contributed by atoms with Crippen molar-refractivity contribution >= 4 is 17.2 Å². The SMILES string of the molecule is CC1CCCCN1CCCN1C(=O)CNC1c1ccsc1. The lowest BCUT2D eigenvalue weighted by atomic mass is 10.0. The number of piperidine rings is 1. The van der Waals surface area contributed by atoms with E-state index in [1.807, 2.05) is 4.90 Å². The first-order valence-corrected chi connectivity index (χ1v) is 8.99. The zero-order valence-corrected chi connectivity index (χ0v) is 13.6. The van der Waals surface area contributed by atoms with Crippen LogP contribution >= 0.6 is 11.3 Å². The molecule has 21 heavy (non-hydrogen) atoms. The van der Waals surface area contributed by atoms with Crippen molar-refractivity contribution in [3.8, 4) is 0 Å². The summed E-state index contributed by atoms with van der Waals surface area (Å²) >= 11 is 1.69. The van der Waals surface area contributed by atoms with Crippen LogP contribution in [0.2, 0.25) is 0 Å². The molecule has 0 saturated carbocycles. The third-order valence-corrected chi connectivity index (χ3v) is 5.42. The van der Waals surface area contributed by atoms with Crippen LogP contribution in [0.3, 0.4) is 0 Å². The summed E-state index contributed by atoms with van der Waals surface area (Å²) in [6.07, 6.45) is 5.17. The van der Waals surface area contributed by atoms with E-state index >= 15 is 0 Å². The van der Waals surface area contributed by atoms with Crippen LogP contribution in [0.25, 0.3) is 0 Å². The molecule has 2 aliphatic rings. The third kappa shape index (κ3) is 3.47. The van der Waals surface area contributed by atoms with Gasteiger partial charge in [-0.2, -0.15) is 11.3 Å². The molecule has 3 heterocycles. The zero-order valence-electron chi connectivity index (χ0n) is 12.8. The first-order chi connectivity index (χ1) is 10.3. The third-order valence-electron chi connectivity index (χ3n) is 4.72. The molecule has 2 unspecified atom stereocenters. The number of likely N-dealkylation sites (tertiary alicyclic amines) is 1. The molecule has 1 aromatic rings. The minimum atomic E-state index is 0.0857. The standard InChI is InChI=1S/C16H25N3OS/c1-13-5-2-3-7-18(13)8-4-9-19-15(20)11-17-16(19)14-6-10-21-12-14/h6,10,12-13,16-17H,2-5,7-9,11H2,1H3. The molecule has 1 amide bonds. The maximum atomic E-state index is 12.1. The Kier molecular flexibility index (Phi) is 4.93. The van der Waals surface area contributed by atoms with Gasteiger partial charge in [-0.15, -0.1) is 0 Å². The predicted octanol–water partition coefficient (Wildman–Crippen LogP) is 2.44. The van der Waals surface area contributed by atoms with Crippen LogP contribution in [0.1, 0.15) is 44.3 Å². The molecule has 5 heteroatoms. The number of rotatable bonds is 5. The first kappa shape index (κ1) is 15.0. The van der Waals surface area contributed by atoms with Gasteiger partial charge in [0.05, 0.1) is 6.54 Å². The van der Waals surface area contributed by atoms with Gasteiger partial charge in [0, 0.05) is 19.1 Å². The fraction of sp³-hybridized carbons (Fsp3) is 0.688. The molecule has 0 aromatic carbocycles. The second kappa shape index (κ2) is 6.90. The van der Waals surface area contributed by atoms with E-state index in [0.717, 1.165) is 19.5 Å². The molecule has 1 N–H and O–H groups in total. The Labute approximate surface area is 131 Å². The van der Waals surface area contributed by atoms with E-state index in [1.165, 1.54) is 31.4 Å². The van der Waals surface area contributed by atoms with Crippen molar-refractivity contribution in [2.75, 3.05) is 26.2 Å². The van der Waals surface area contributed by atoms with Crippen LogP contribution in [-0.4, -0.2) is 47.9 Å². The molecule has 2 aliphatic heterocycles. The van der Waals surface area contributed by atoms with Crippen molar-refractivity contribution in [2.24, 2.45) is 0 Å². The maximum absolute atomic E-state index is 12.1. The Morgan fingerprint density at radius 3 is 3.05 bits per heavy atom. The number of amides is 1. The van der Waals surface area contributed by atoms with Gasteiger partial charge in [-0.1, -0.05) is 6.42 Å².